The van der Waals surface area contributed by atoms with Gasteiger partial charge in [0.15, 0.2) is 0 Å². The second-order valence-corrected chi connectivity index (χ2v) is 5.76. The van der Waals surface area contributed by atoms with Gasteiger partial charge in [-0.25, -0.2) is 0 Å². The predicted octanol–water partition coefficient (Wildman–Crippen LogP) is 3.57. The number of nitrogens with zero attached hydrogens (tertiary/aromatic N) is 1. The van der Waals surface area contributed by atoms with Crippen molar-refractivity contribution in [3.05, 3.63) is 76.3 Å². The largest absolute Gasteiger partial charge is 0.496 e. The van der Waals surface area contributed by atoms with Crippen molar-refractivity contribution in [2.24, 2.45) is 0 Å². The van der Waals surface area contributed by atoms with Gasteiger partial charge in [-0.3, -0.25) is 14.9 Å². The topological polar surface area (TPSA) is 90.7 Å². The van der Waals surface area contributed by atoms with Crippen molar-refractivity contribution < 1.29 is 19.2 Å². The molecule has 1 N–H and O–H groups in total. The number of benzene rings is 3. The minimum absolute atomic E-state index is 0.109. The van der Waals surface area contributed by atoms with E-state index < -0.39 is 10.8 Å². The van der Waals surface area contributed by atoms with E-state index in [1.807, 2.05) is 42.5 Å². The van der Waals surface area contributed by atoms with Crippen LogP contribution >= 0.6 is 0 Å². The van der Waals surface area contributed by atoms with Crippen LogP contribution in [0.15, 0.2) is 60.7 Å². The van der Waals surface area contributed by atoms with E-state index in [2.05, 4.69) is 5.32 Å². The Labute approximate surface area is 155 Å². The number of nitro benzene ring substituents is 1. The summed E-state index contributed by atoms with van der Waals surface area (Å²) in [4.78, 5) is 22.7. The summed E-state index contributed by atoms with van der Waals surface area (Å²) in [5.41, 5.74) is -0.0641. The molecule has 0 atom stereocenters. The van der Waals surface area contributed by atoms with Gasteiger partial charge in [0.05, 0.1) is 24.1 Å². The van der Waals surface area contributed by atoms with Crippen LogP contribution in [0.3, 0.4) is 0 Å². The highest BCUT2D eigenvalue weighted by Gasteiger charge is 2.17. The normalized spacial score (nSPS) is 10.4. The zero-order valence-corrected chi connectivity index (χ0v) is 14.7. The van der Waals surface area contributed by atoms with Crippen molar-refractivity contribution in [3.8, 4) is 11.5 Å². The van der Waals surface area contributed by atoms with Crippen molar-refractivity contribution >= 4 is 22.4 Å². The number of rotatable bonds is 7. The summed E-state index contributed by atoms with van der Waals surface area (Å²) in [5, 5.41) is 15.8. The number of ether oxygens (including phenoxy) is 2. The molecule has 0 aliphatic rings. The van der Waals surface area contributed by atoms with Crippen LogP contribution < -0.4 is 14.8 Å². The van der Waals surface area contributed by atoms with Crippen molar-refractivity contribution in [1.82, 2.24) is 5.32 Å². The fourth-order valence-corrected chi connectivity index (χ4v) is 2.67. The molecule has 0 saturated heterocycles. The molecule has 3 aromatic rings. The molecule has 0 radical (unpaired) electrons. The van der Waals surface area contributed by atoms with E-state index >= 15 is 0 Å². The first kappa shape index (κ1) is 18.2. The highest BCUT2D eigenvalue weighted by atomic mass is 16.6. The molecule has 0 aliphatic heterocycles. The fraction of sp³-hybridized carbons (Fsp3) is 0.150. The molecule has 0 saturated carbocycles. The number of nitro groups is 1. The van der Waals surface area contributed by atoms with Gasteiger partial charge < -0.3 is 14.8 Å². The van der Waals surface area contributed by atoms with E-state index in [9.17, 15) is 14.9 Å². The lowest BCUT2D eigenvalue weighted by atomic mass is 10.1. The highest BCUT2D eigenvalue weighted by molar-refractivity contribution is 5.97. The van der Waals surface area contributed by atoms with Gasteiger partial charge in [0.2, 0.25) is 0 Å². The molecule has 0 heterocycles. The van der Waals surface area contributed by atoms with E-state index in [0.29, 0.717) is 5.75 Å². The molecule has 1 amide bonds. The number of hydrogen-bond acceptors (Lipinski definition) is 5. The molecule has 0 unspecified atom stereocenters. The first-order chi connectivity index (χ1) is 13.1. The Balaban J connectivity index is 1.59. The molecule has 0 spiro atoms. The average molecular weight is 366 g/mol. The van der Waals surface area contributed by atoms with Gasteiger partial charge >= 0.3 is 0 Å². The van der Waals surface area contributed by atoms with Gasteiger partial charge in [0.25, 0.3) is 11.6 Å². The average Bonchev–Trinajstić information content (AvgIpc) is 2.70. The predicted molar refractivity (Wildman–Crippen MR) is 101 cm³/mol. The molecule has 3 aromatic carbocycles. The van der Waals surface area contributed by atoms with E-state index in [1.54, 1.807) is 0 Å². The number of hydrogen-bond donors (Lipinski definition) is 1. The number of fused-ring (bicyclic) bond motifs is 1. The summed E-state index contributed by atoms with van der Waals surface area (Å²) < 4.78 is 10.8. The second-order valence-electron chi connectivity index (χ2n) is 5.76. The molecule has 138 valence electrons. The van der Waals surface area contributed by atoms with Crippen molar-refractivity contribution in [2.45, 2.75) is 0 Å². The Morgan fingerprint density at radius 3 is 2.59 bits per heavy atom. The Morgan fingerprint density at radius 2 is 1.85 bits per heavy atom. The van der Waals surface area contributed by atoms with Crippen LogP contribution in [0.1, 0.15) is 10.4 Å². The number of methoxy groups -OCH3 is 1. The lowest BCUT2D eigenvalue weighted by Gasteiger charge is -2.10. The molecule has 3 rings (SSSR count). The Kier molecular flexibility index (Phi) is 5.51. The first-order valence-electron chi connectivity index (χ1n) is 8.31. The number of carbonyl (C=O) groups excluding carboxylic acids is 1. The third kappa shape index (κ3) is 4.33. The third-order valence-electron chi connectivity index (χ3n) is 4.02. The highest BCUT2D eigenvalue weighted by Crippen LogP contribution is 2.24. The first-order valence-corrected chi connectivity index (χ1v) is 8.31. The van der Waals surface area contributed by atoms with E-state index in [-0.39, 0.29) is 30.2 Å². The summed E-state index contributed by atoms with van der Waals surface area (Å²) in [6, 6.07) is 17.6. The molecule has 7 nitrogen and oxygen atoms in total. The summed E-state index contributed by atoms with van der Waals surface area (Å²) in [7, 11) is 1.40. The lowest BCUT2D eigenvalue weighted by Crippen LogP contribution is -2.28. The SMILES string of the molecule is COc1ccc([N+](=O)[O-])cc1C(=O)NCCOc1ccc2ccccc2c1. The molecular formula is C20H18N2O5. The van der Waals surface area contributed by atoms with Crippen LogP contribution in [-0.2, 0) is 0 Å². The third-order valence-corrected chi connectivity index (χ3v) is 4.02. The maximum atomic E-state index is 12.3. The number of carbonyl (C=O) groups is 1. The van der Waals surface area contributed by atoms with Crippen molar-refractivity contribution in [3.63, 3.8) is 0 Å². The molecule has 27 heavy (non-hydrogen) atoms. The van der Waals surface area contributed by atoms with Crippen LogP contribution in [-0.4, -0.2) is 31.1 Å². The molecule has 0 bridgehead atoms. The maximum absolute atomic E-state index is 12.3. The monoisotopic (exact) mass is 366 g/mol. The van der Waals surface area contributed by atoms with Gasteiger partial charge in [0.1, 0.15) is 18.1 Å². The maximum Gasteiger partial charge on any atom is 0.270 e. The minimum Gasteiger partial charge on any atom is -0.496 e. The number of amides is 1. The molecule has 0 aromatic heterocycles. The molecule has 7 heteroatoms. The van der Waals surface area contributed by atoms with Crippen LogP contribution in [0.5, 0.6) is 11.5 Å². The van der Waals surface area contributed by atoms with Gasteiger partial charge in [-0.2, -0.15) is 0 Å². The minimum atomic E-state index is -0.556. The standard InChI is InChI=1S/C20H18N2O5/c1-26-19-9-7-16(22(24)25)13-18(19)20(23)21-10-11-27-17-8-6-14-4-2-3-5-15(14)12-17/h2-9,12-13H,10-11H2,1H3,(H,21,23). The van der Waals surface area contributed by atoms with Gasteiger partial charge in [0, 0.05) is 12.1 Å². The van der Waals surface area contributed by atoms with Crippen molar-refractivity contribution in [1.29, 1.82) is 0 Å². The zero-order valence-electron chi connectivity index (χ0n) is 14.7. The molecule has 0 aliphatic carbocycles. The summed E-state index contributed by atoms with van der Waals surface area (Å²) in [6.45, 7) is 0.513. The quantitative estimate of drug-likeness (QED) is 0.392. The molecule has 0 fully saturated rings. The fourth-order valence-electron chi connectivity index (χ4n) is 2.67. The summed E-state index contributed by atoms with van der Waals surface area (Å²) in [6.07, 6.45) is 0. The summed E-state index contributed by atoms with van der Waals surface area (Å²) in [5.74, 6) is 0.516. The van der Waals surface area contributed by atoms with Gasteiger partial charge in [-0.15, -0.1) is 0 Å². The smallest absolute Gasteiger partial charge is 0.270 e. The molecular weight excluding hydrogens is 348 g/mol. The van der Waals surface area contributed by atoms with Gasteiger partial charge in [-0.1, -0.05) is 30.3 Å². The van der Waals surface area contributed by atoms with Crippen LogP contribution in [0.4, 0.5) is 5.69 Å². The van der Waals surface area contributed by atoms with Crippen LogP contribution in [0.2, 0.25) is 0 Å². The van der Waals surface area contributed by atoms with Gasteiger partial charge in [-0.05, 0) is 29.0 Å². The van der Waals surface area contributed by atoms with E-state index in [4.69, 9.17) is 9.47 Å². The zero-order chi connectivity index (χ0) is 19.2. The second kappa shape index (κ2) is 8.18. The van der Waals surface area contributed by atoms with Crippen LogP contribution in [0.25, 0.3) is 10.8 Å². The van der Waals surface area contributed by atoms with Crippen LogP contribution in [0, 0.1) is 10.1 Å². The van der Waals surface area contributed by atoms with E-state index in [0.717, 1.165) is 10.8 Å². The number of nitrogens with one attached hydrogen (secondary N) is 1. The van der Waals surface area contributed by atoms with E-state index in [1.165, 1.54) is 25.3 Å². The Morgan fingerprint density at radius 1 is 1.07 bits per heavy atom. The Bertz CT molecular complexity index is 987. The number of non-ortho nitro benzene ring substituents is 1. The Hall–Kier alpha value is -3.61. The lowest BCUT2D eigenvalue weighted by molar-refractivity contribution is -0.384. The summed E-state index contributed by atoms with van der Waals surface area (Å²) >= 11 is 0. The van der Waals surface area contributed by atoms with Crippen molar-refractivity contribution in [2.75, 3.05) is 20.3 Å².